The molecule has 0 aliphatic heterocycles. The fourth-order valence-electron chi connectivity index (χ4n) is 1.56. The van der Waals surface area contributed by atoms with Crippen LogP contribution in [-0.4, -0.2) is 30.5 Å². The van der Waals surface area contributed by atoms with Gasteiger partial charge < -0.3 is 5.11 Å². The van der Waals surface area contributed by atoms with Crippen LogP contribution < -0.4 is 4.72 Å². The van der Waals surface area contributed by atoms with Crippen molar-refractivity contribution >= 4 is 21.7 Å². The molecule has 0 saturated carbocycles. The Bertz CT molecular complexity index is 673. The quantitative estimate of drug-likeness (QED) is 0.597. The fraction of sp³-hybridized carbons (Fsp3) is 0.364. The monoisotopic (exact) mass is 320 g/mol. The molecule has 0 aromatic heterocycles. The van der Waals surface area contributed by atoms with E-state index in [1.807, 2.05) is 4.72 Å². The van der Waals surface area contributed by atoms with Crippen LogP contribution in [-0.2, 0) is 14.8 Å². The number of hydrogen-bond donors (Lipinski definition) is 2. The molecule has 1 aromatic carbocycles. The molecule has 1 aromatic rings. The zero-order valence-electron chi connectivity index (χ0n) is 11.1. The van der Waals surface area contributed by atoms with Gasteiger partial charge >= 0.3 is 5.97 Å². The van der Waals surface area contributed by atoms with Crippen LogP contribution in [0.25, 0.3) is 0 Å². The van der Waals surface area contributed by atoms with Crippen LogP contribution in [0.3, 0.4) is 0 Å². The van der Waals surface area contributed by atoms with Gasteiger partial charge in [-0.2, -0.15) is 4.72 Å². The highest BCUT2D eigenvalue weighted by Gasteiger charge is 2.32. The van der Waals surface area contributed by atoms with E-state index in [0.717, 1.165) is 12.1 Å². The summed E-state index contributed by atoms with van der Waals surface area (Å²) < 4.78 is 39.0. The largest absolute Gasteiger partial charge is 0.480 e. The van der Waals surface area contributed by atoms with E-state index in [0.29, 0.717) is 6.07 Å². The number of carboxylic acids is 1. The summed E-state index contributed by atoms with van der Waals surface area (Å²) in [5, 5.41) is 19.8. The molecule has 0 aliphatic carbocycles. The number of nitrogens with zero attached hydrogens (tertiary/aromatic N) is 1. The number of carbonyl (C=O) groups is 1. The first-order chi connectivity index (χ1) is 9.56. The molecular weight excluding hydrogens is 307 g/mol. The van der Waals surface area contributed by atoms with Crippen LogP contribution in [0.4, 0.5) is 10.1 Å². The van der Waals surface area contributed by atoms with Crippen molar-refractivity contribution in [1.82, 2.24) is 4.72 Å². The molecule has 0 heterocycles. The molecule has 116 valence electrons. The highest BCUT2D eigenvalue weighted by molar-refractivity contribution is 7.89. The Kier molecular flexibility index (Phi) is 4.97. The second kappa shape index (κ2) is 6.14. The Morgan fingerprint density at radius 3 is 2.43 bits per heavy atom. The maximum Gasteiger partial charge on any atom is 0.322 e. The third-order valence-corrected chi connectivity index (χ3v) is 4.11. The zero-order chi connectivity index (χ0) is 16.4. The average molecular weight is 320 g/mol. The number of benzene rings is 1. The summed E-state index contributed by atoms with van der Waals surface area (Å²) in [6, 6.07) is 0.459. The predicted octanol–water partition coefficient (Wildman–Crippen LogP) is 1.12. The molecule has 0 bridgehead atoms. The lowest BCUT2D eigenvalue weighted by Gasteiger charge is -2.17. The van der Waals surface area contributed by atoms with Crippen molar-refractivity contribution in [2.75, 3.05) is 0 Å². The maximum atomic E-state index is 13.0. The van der Waals surface area contributed by atoms with Gasteiger partial charge in [0.25, 0.3) is 5.69 Å². The normalized spacial score (nSPS) is 13.1. The van der Waals surface area contributed by atoms with Crippen LogP contribution in [0, 0.1) is 21.8 Å². The summed E-state index contributed by atoms with van der Waals surface area (Å²) in [5.41, 5.74) is -0.963. The van der Waals surface area contributed by atoms with Crippen LogP contribution in [0.2, 0.25) is 0 Å². The minimum Gasteiger partial charge on any atom is -0.480 e. The molecule has 1 rings (SSSR count). The molecule has 0 amide bonds. The van der Waals surface area contributed by atoms with Crippen LogP contribution in [0.15, 0.2) is 23.1 Å². The lowest BCUT2D eigenvalue weighted by molar-refractivity contribution is -0.388. The van der Waals surface area contributed by atoms with Gasteiger partial charge in [-0.25, -0.2) is 12.8 Å². The first-order valence-electron chi connectivity index (χ1n) is 5.75. The SMILES string of the molecule is CC(C)[C@@H](NS(=O)(=O)c1ccc(F)cc1[N+](=O)[O-])C(=O)O. The minimum atomic E-state index is -4.48. The van der Waals surface area contributed by atoms with Gasteiger partial charge in [-0.1, -0.05) is 13.8 Å². The Balaban J connectivity index is 3.32. The Morgan fingerprint density at radius 1 is 1.43 bits per heavy atom. The molecule has 8 nitrogen and oxygen atoms in total. The molecule has 0 saturated heterocycles. The van der Waals surface area contributed by atoms with Crippen molar-refractivity contribution in [3.8, 4) is 0 Å². The topological polar surface area (TPSA) is 127 Å². The second-order valence-electron chi connectivity index (χ2n) is 4.55. The lowest BCUT2D eigenvalue weighted by atomic mass is 10.1. The lowest BCUT2D eigenvalue weighted by Crippen LogP contribution is -2.44. The standard InChI is InChI=1S/C11H13FN2O6S/c1-6(2)10(11(15)16)13-21(19,20)9-4-3-7(12)5-8(9)14(17)18/h3-6,10,13H,1-2H3,(H,15,16)/t10-/m1/s1. The summed E-state index contributed by atoms with van der Waals surface area (Å²) >= 11 is 0. The fourth-order valence-corrected chi connectivity index (χ4v) is 3.05. The molecule has 1 atom stereocenters. The molecule has 21 heavy (non-hydrogen) atoms. The predicted molar refractivity (Wildman–Crippen MR) is 69.6 cm³/mol. The number of nitro groups is 1. The first kappa shape index (κ1) is 17.0. The van der Waals surface area contributed by atoms with Gasteiger partial charge in [-0.15, -0.1) is 0 Å². The van der Waals surface area contributed by atoms with Crippen molar-refractivity contribution in [2.45, 2.75) is 24.8 Å². The van der Waals surface area contributed by atoms with Crippen LogP contribution in [0.5, 0.6) is 0 Å². The molecular formula is C11H13FN2O6S. The molecule has 0 fully saturated rings. The Morgan fingerprint density at radius 2 is 2.00 bits per heavy atom. The van der Waals surface area contributed by atoms with Crippen molar-refractivity contribution < 1.29 is 27.6 Å². The van der Waals surface area contributed by atoms with Crippen molar-refractivity contribution in [3.05, 3.63) is 34.1 Å². The van der Waals surface area contributed by atoms with Gasteiger partial charge in [0.05, 0.1) is 11.0 Å². The maximum absolute atomic E-state index is 13.0. The van der Waals surface area contributed by atoms with Gasteiger partial charge in [0.15, 0.2) is 4.90 Å². The van der Waals surface area contributed by atoms with Crippen molar-refractivity contribution in [1.29, 1.82) is 0 Å². The van der Waals surface area contributed by atoms with E-state index < -0.39 is 49.3 Å². The summed E-state index contributed by atoms with van der Waals surface area (Å²) in [4.78, 5) is 20.0. The van der Waals surface area contributed by atoms with E-state index in [4.69, 9.17) is 5.11 Å². The number of rotatable bonds is 6. The van der Waals surface area contributed by atoms with Gasteiger partial charge in [0, 0.05) is 0 Å². The molecule has 10 heteroatoms. The highest BCUT2D eigenvalue weighted by Crippen LogP contribution is 2.25. The summed E-state index contributed by atoms with van der Waals surface area (Å²) in [7, 11) is -4.48. The third-order valence-electron chi connectivity index (χ3n) is 2.62. The highest BCUT2D eigenvalue weighted by atomic mass is 32.2. The van der Waals surface area contributed by atoms with Gasteiger partial charge in [0.1, 0.15) is 11.9 Å². The van der Waals surface area contributed by atoms with E-state index in [9.17, 15) is 27.7 Å². The molecule has 0 aliphatic rings. The van der Waals surface area contributed by atoms with E-state index in [1.54, 1.807) is 0 Å². The van der Waals surface area contributed by atoms with Crippen LogP contribution in [0.1, 0.15) is 13.8 Å². The number of nitrogens with one attached hydrogen (secondary N) is 1. The van der Waals surface area contributed by atoms with Crippen molar-refractivity contribution in [2.24, 2.45) is 5.92 Å². The summed E-state index contributed by atoms with van der Waals surface area (Å²) in [6.45, 7) is 2.95. The van der Waals surface area contributed by atoms with E-state index in [-0.39, 0.29) is 0 Å². The smallest absolute Gasteiger partial charge is 0.322 e. The number of nitro benzene ring substituents is 1. The molecule has 0 radical (unpaired) electrons. The molecule has 0 spiro atoms. The van der Waals surface area contributed by atoms with Crippen LogP contribution >= 0.6 is 0 Å². The van der Waals surface area contributed by atoms with Gasteiger partial charge in [-0.3, -0.25) is 14.9 Å². The average Bonchev–Trinajstić information content (AvgIpc) is 2.34. The molecule has 2 N–H and O–H groups in total. The Hall–Kier alpha value is -2.07. The number of hydrogen-bond acceptors (Lipinski definition) is 5. The van der Waals surface area contributed by atoms with Gasteiger partial charge in [-0.05, 0) is 18.1 Å². The first-order valence-corrected chi connectivity index (χ1v) is 7.23. The van der Waals surface area contributed by atoms with Gasteiger partial charge in [0.2, 0.25) is 10.0 Å². The van der Waals surface area contributed by atoms with E-state index in [1.165, 1.54) is 13.8 Å². The van der Waals surface area contributed by atoms with E-state index >= 15 is 0 Å². The molecule has 0 unspecified atom stereocenters. The number of sulfonamides is 1. The van der Waals surface area contributed by atoms with Crippen molar-refractivity contribution in [3.63, 3.8) is 0 Å². The van der Waals surface area contributed by atoms with E-state index in [2.05, 4.69) is 0 Å². The minimum absolute atomic E-state index is 0.458. The zero-order valence-corrected chi connectivity index (χ0v) is 11.9. The summed E-state index contributed by atoms with van der Waals surface area (Å²) in [6.07, 6.45) is 0. The number of halogens is 1. The number of aliphatic carboxylic acids is 1. The number of carboxylic acid groups (broad SMARTS) is 1. The third kappa shape index (κ3) is 3.95. The second-order valence-corrected chi connectivity index (χ2v) is 6.23. The Labute approximate surface area is 119 Å². The summed E-state index contributed by atoms with van der Waals surface area (Å²) in [5.74, 6) is -2.98.